The summed E-state index contributed by atoms with van der Waals surface area (Å²) in [5, 5.41) is 0. The molecule has 0 amide bonds. The SMILES string of the molecule is [2H]C([2H])([2H])N1CCC=C(c2nsnc2OC(F)(F)C(F)(F)C(F)(F)C(F)(F)C(F)(F)C(F)(F)F)C1. The average molecular weight is 518 g/mol. The van der Waals surface area contributed by atoms with E-state index in [0.717, 1.165) is 11.0 Å². The zero-order chi connectivity index (χ0) is 27.5. The quantitative estimate of drug-likeness (QED) is 0.458. The van der Waals surface area contributed by atoms with E-state index in [0.29, 0.717) is 0 Å². The molecule has 0 N–H and O–H groups in total. The fourth-order valence-electron chi connectivity index (χ4n) is 2.30. The maximum absolute atomic E-state index is 14.0. The van der Waals surface area contributed by atoms with E-state index in [1.54, 1.807) is 0 Å². The fraction of sp³-hybridized carbons (Fsp3) is 0.714. The number of alkyl halides is 13. The lowest BCUT2D eigenvalue weighted by Crippen LogP contribution is -2.70. The van der Waals surface area contributed by atoms with Crippen molar-refractivity contribution in [2.75, 3.05) is 20.1 Å². The zero-order valence-electron chi connectivity index (χ0n) is 17.8. The van der Waals surface area contributed by atoms with Crippen LogP contribution >= 0.6 is 11.7 Å². The molecule has 18 heteroatoms. The van der Waals surface area contributed by atoms with Crippen LogP contribution in [0, 0.1) is 0 Å². The van der Waals surface area contributed by atoms with E-state index in [9.17, 15) is 57.1 Å². The minimum absolute atomic E-state index is 0.0670. The third-order valence-electron chi connectivity index (χ3n) is 4.04. The standard InChI is InChI=1S/C14H10F13N3OS/c1-30-4-2-3-6(5-30)7-8(29-32-28-7)31-14(26,27)12(21,22)10(17,18)9(15,16)11(19,20)13(23,24)25/h3H,2,4-5H2,1H3/i1D3. The van der Waals surface area contributed by atoms with Gasteiger partial charge in [-0.05, 0) is 19.0 Å². The van der Waals surface area contributed by atoms with Gasteiger partial charge in [-0.25, -0.2) is 0 Å². The number of ether oxygens (including phenoxy) is 1. The van der Waals surface area contributed by atoms with Gasteiger partial charge in [-0.3, -0.25) is 0 Å². The van der Waals surface area contributed by atoms with E-state index in [1.807, 2.05) is 0 Å². The molecule has 0 bridgehead atoms. The van der Waals surface area contributed by atoms with Crippen molar-refractivity contribution in [3.05, 3.63) is 11.8 Å². The molecule has 0 fully saturated rings. The largest absolute Gasteiger partial charge is 0.472 e. The van der Waals surface area contributed by atoms with Crippen LogP contribution in [0.25, 0.3) is 5.57 Å². The van der Waals surface area contributed by atoms with Gasteiger partial charge >= 0.3 is 36.0 Å². The Kier molecular flexibility index (Phi) is 5.41. The number of hydrogen-bond acceptors (Lipinski definition) is 5. The van der Waals surface area contributed by atoms with Gasteiger partial charge < -0.3 is 9.64 Å². The van der Waals surface area contributed by atoms with Crippen LogP contribution in [-0.2, 0) is 0 Å². The lowest BCUT2D eigenvalue weighted by atomic mass is 9.97. The number of rotatable bonds is 7. The average Bonchev–Trinajstić information content (AvgIpc) is 3.13. The predicted molar refractivity (Wildman–Crippen MR) is 81.4 cm³/mol. The van der Waals surface area contributed by atoms with E-state index < -0.39 is 61.1 Å². The van der Waals surface area contributed by atoms with Crippen molar-refractivity contribution in [2.45, 2.75) is 42.4 Å². The highest BCUT2D eigenvalue weighted by Crippen LogP contribution is 2.60. The van der Waals surface area contributed by atoms with Crippen LogP contribution in [0.4, 0.5) is 57.1 Å². The Morgan fingerprint density at radius 3 is 1.97 bits per heavy atom. The number of hydrogen-bond donors (Lipinski definition) is 0. The maximum atomic E-state index is 14.0. The fourth-order valence-corrected chi connectivity index (χ4v) is 2.82. The summed E-state index contributed by atoms with van der Waals surface area (Å²) in [4.78, 5) is 0.770. The molecule has 0 radical (unpaired) electrons. The van der Waals surface area contributed by atoms with Crippen molar-refractivity contribution in [1.29, 1.82) is 0 Å². The van der Waals surface area contributed by atoms with Crippen LogP contribution < -0.4 is 4.74 Å². The van der Waals surface area contributed by atoms with E-state index in [2.05, 4.69) is 13.5 Å². The van der Waals surface area contributed by atoms with Crippen molar-refractivity contribution in [2.24, 2.45) is 0 Å². The van der Waals surface area contributed by atoms with Crippen LogP contribution in [0.5, 0.6) is 5.88 Å². The Morgan fingerprint density at radius 1 is 0.875 bits per heavy atom. The monoisotopic (exact) mass is 518 g/mol. The van der Waals surface area contributed by atoms with Gasteiger partial charge in [0.2, 0.25) is 0 Å². The molecule has 2 rings (SSSR count). The Balaban J connectivity index is 2.43. The van der Waals surface area contributed by atoms with Gasteiger partial charge in [-0.2, -0.15) is 61.4 Å². The highest BCUT2D eigenvalue weighted by Gasteiger charge is 2.91. The van der Waals surface area contributed by atoms with Crippen molar-refractivity contribution in [1.82, 2.24) is 13.6 Å². The molecular weight excluding hydrogens is 505 g/mol. The minimum Gasteiger partial charge on any atom is -0.407 e. The highest BCUT2D eigenvalue weighted by atomic mass is 32.1. The van der Waals surface area contributed by atoms with Crippen LogP contribution in [0.15, 0.2) is 6.08 Å². The smallest absolute Gasteiger partial charge is 0.407 e. The third kappa shape index (κ3) is 3.99. The third-order valence-corrected chi connectivity index (χ3v) is 4.55. The Morgan fingerprint density at radius 2 is 1.44 bits per heavy atom. The first kappa shape index (κ1) is 22.0. The van der Waals surface area contributed by atoms with Crippen LogP contribution in [0.1, 0.15) is 16.2 Å². The van der Waals surface area contributed by atoms with Gasteiger partial charge in [-0.1, -0.05) is 6.08 Å². The first-order valence-electron chi connectivity index (χ1n) is 9.33. The summed E-state index contributed by atoms with van der Waals surface area (Å²) in [7, 11) is 0. The lowest BCUT2D eigenvalue weighted by Gasteiger charge is -2.38. The van der Waals surface area contributed by atoms with E-state index in [1.165, 1.54) is 0 Å². The van der Waals surface area contributed by atoms with Crippen molar-refractivity contribution in [3.63, 3.8) is 0 Å². The van der Waals surface area contributed by atoms with Crippen molar-refractivity contribution >= 4 is 17.3 Å². The van der Waals surface area contributed by atoms with Crippen molar-refractivity contribution in [3.8, 4) is 5.88 Å². The van der Waals surface area contributed by atoms with Crippen LogP contribution in [0.3, 0.4) is 0 Å². The normalized spacial score (nSPS) is 19.8. The molecule has 0 atom stereocenters. The number of halogens is 13. The first-order chi connectivity index (χ1) is 15.4. The summed E-state index contributed by atoms with van der Waals surface area (Å²) in [6.07, 6.45) is -13.3. The zero-order valence-corrected chi connectivity index (χ0v) is 15.6. The lowest BCUT2D eigenvalue weighted by molar-refractivity contribution is -0.456. The van der Waals surface area contributed by atoms with E-state index >= 15 is 0 Å². The van der Waals surface area contributed by atoms with E-state index in [-0.39, 0.29) is 30.3 Å². The topological polar surface area (TPSA) is 38.2 Å². The van der Waals surface area contributed by atoms with Gasteiger partial charge in [0.15, 0.2) is 0 Å². The summed E-state index contributed by atoms with van der Waals surface area (Å²) in [5.41, 5.74) is -1.22. The molecule has 0 aromatic carbocycles. The molecule has 1 aromatic rings. The Labute approximate surface area is 178 Å². The Hall–Kier alpha value is -1.85. The highest BCUT2D eigenvalue weighted by molar-refractivity contribution is 6.99. The van der Waals surface area contributed by atoms with Crippen LogP contribution in [-0.4, -0.2) is 69.7 Å². The summed E-state index contributed by atoms with van der Waals surface area (Å²) < 4.78 is 203. The second kappa shape index (κ2) is 7.88. The van der Waals surface area contributed by atoms with Crippen LogP contribution in [0.2, 0.25) is 0 Å². The van der Waals surface area contributed by atoms with Crippen molar-refractivity contribution < 1.29 is 65.9 Å². The second-order valence-corrected chi connectivity index (χ2v) is 6.80. The first-order valence-corrected chi connectivity index (χ1v) is 8.56. The molecule has 0 aliphatic carbocycles. The number of nitrogens with zero attached hydrogens (tertiary/aromatic N) is 3. The molecule has 0 saturated heterocycles. The Bertz CT molecular complexity index is 961. The molecule has 1 aliphatic rings. The van der Waals surface area contributed by atoms with Gasteiger partial charge in [0, 0.05) is 17.2 Å². The molecule has 0 saturated carbocycles. The number of likely N-dealkylation sites (N-methyl/N-ethyl adjacent to an activating group) is 1. The van der Waals surface area contributed by atoms with Gasteiger partial charge in [0.1, 0.15) is 5.69 Å². The second-order valence-electron chi connectivity index (χ2n) is 6.27. The maximum Gasteiger partial charge on any atom is 0.472 e. The molecule has 1 aromatic heterocycles. The molecule has 4 nitrogen and oxygen atoms in total. The minimum atomic E-state index is -8.07. The molecule has 0 spiro atoms. The van der Waals surface area contributed by atoms with Gasteiger partial charge in [0.05, 0.1) is 11.7 Å². The molecule has 1 aliphatic heterocycles. The summed E-state index contributed by atoms with van der Waals surface area (Å²) in [5.74, 6) is -33.3. The summed E-state index contributed by atoms with van der Waals surface area (Å²) in [6, 6.07) is 0. The molecular formula is C14H10F13N3OS. The van der Waals surface area contributed by atoms with Gasteiger partial charge in [0.25, 0.3) is 5.88 Å². The molecule has 2 heterocycles. The molecule has 184 valence electrons. The molecule has 0 unspecified atom stereocenters. The predicted octanol–water partition coefficient (Wildman–Crippen LogP) is 5.33. The molecule has 32 heavy (non-hydrogen) atoms. The summed E-state index contributed by atoms with van der Waals surface area (Å²) in [6.45, 7) is -3.44. The summed E-state index contributed by atoms with van der Waals surface area (Å²) >= 11 is -0.0670. The van der Waals surface area contributed by atoms with E-state index in [4.69, 9.17) is 4.11 Å². The van der Waals surface area contributed by atoms with Gasteiger partial charge in [-0.15, -0.1) is 4.37 Å². The number of aromatic nitrogens is 2.